The number of rotatable bonds is 16. The van der Waals surface area contributed by atoms with E-state index < -0.39 is 24.2 Å². The first kappa shape index (κ1) is 40.0. The van der Waals surface area contributed by atoms with Crippen molar-refractivity contribution >= 4 is 23.9 Å². The number of benzene rings is 2. The monoisotopic (exact) mass is 760 g/mol. The smallest absolute Gasteiger partial charge is 0.338 e. The number of hydrazine groups is 1. The highest BCUT2D eigenvalue weighted by Gasteiger charge is 2.41. The van der Waals surface area contributed by atoms with Gasteiger partial charge in [-0.3, -0.25) is 29.9 Å². The first-order valence-electron chi connectivity index (χ1n) is 19.5. The highest BCUT2D eigenvalue weighted by Crippen LogP contribution is 2.24. The molecule has 0 saturated carbocycles. The second-order valence-electron chi connectivity index (χ2n) is 14.7. The van der Waals surface area contributed by atoms with E-state index in [1.165, 1.54) is 4.90 Å². The van der Waals surface area contributed by atoms with E-state index in [1.807, 2.05) is 112 Å². The standard InChI is InChI=1S/C43H52N8O5/c1-4-30(2)40(51-25-24-48(43(51)56)28-35-15-10-12-31(3)45-35)41(54)46-37(26-32-13-6-5-7-14-32)38(52)29-49(47-42(55)50-23-11-17-39(50)53)27-33-18-20-34(21-19-33)36-16-8-9-22-44-36/h5-10,12-16,18-22,30,37-38,40,52H,4,11,17,23-29H2,1-3H3,(H,46,54)(H,47,55)/t30-,37-,38-,40-/m0/s1. The topological polar surface area (TPSA) is 151 Å². The largest absolute Gasteiger partial charge is 0.390 e. The fraction of sp³-hybridized carbons (Fsp3) is 0.395. The highest BCUT2D eigenvalue weighted by molar-refractivity contribution is 5.95. The molecule has 0 unspecified atom stereocenters. The molecule has 2 aliphatic heterocycles. The van der Waals surface area contributed by atoms with Gasteiger partial charge in [0.05, 0.1) is 30.1 Å². The second kappa shape index (κ2) is 18.8. The molecule has 2 aromatic carbocycles. The number of aromatic nitrogens is 2. The maximum atomic E-state index is 14.4. The molecule has 2 fully saturated rings. The first-order valence-corrected chi connectivity index (χ1v) is 19.5. The van der Waals surface area contributed by atoms with Crippen LogP contribution >= 0.6 is 0 Å². The van der Waals surface area contributed by atoms with Crippen molar-refractivity contribution in [1.29, 1.82) is 0 Å². The predicted molar refractivity (Wildman–Crippen MR) is 212 cm³/mol. The Labute approximate surface area is 328 Å². The quantitative estimate of drug-likeness (QED) is 0.136. The van der Waals surface area contributed by atoms with Gasteiger partial charge >= 0.3 is 12.1 Å². The van der Waals surface area contributed by atoms with E-state index in [-0.39, 0.29) is 36.9 Å². The Morgan fingerprint density at radius 2 is 1.68 bits per heavy atom. The van der Waals surface area contributed by atoms with Crippen molar-refractivity contribution in [3.05, 3.63) is 120 Å². The van der Waals surface area contributed by atoms with E-state index in [9.17, 15) is 24.3 Å². The van der Waals surface area contributed by atoms with Gasteiger partial charge in [-0.1, -0.05) is 87.0 Å². The Hall–Kier alpha value is -5.66. The maximum Gasteiger partial charge on any atom is 0.338 e. The van der Waals surface area contributed by atoms with E-state index >= 15 is 0 Å². The lowest BCUT2D eigenvalue weighted by atomic mass is 9.95. The average Bonchev–Trinajstić information content (AvgIpc) is 3.79. The molecule has 13 heteroatoms. The minimum atomic E-state index is -1.17. The molecule has 2 saturated heterocycles. The van der Waals surface area contributed by atoms with E-state index in [1.54, 1.807) is 21.0 Å². The summed E-state index contributed by atoms with van der Waals surface area (Å²) in [6, 6.07) is 26.4. The number of hydrogen-bond acceptors (Lipinski definition) is 8. The van der Waals surface area contributed by atoms with Crippen LogP contribution in [0.5, 0.6) is 0 Å². The Bertz CT molecular complexity index is 1950. The molecule has 4 aromatic rings. The zero-order chi connectivity index (χ0) is 39.6. The minimum Gasteiger partial charge on any atom is -0.390 e. The van der Waals surface area contributed by atoms with Gasteiger partial charge in [0.2, 0.25) is 11.8 Å². The number of nitrogens with zero attached hydrogens (tertiary/aromatic N) is 6. The SMILES string of the molecule is CC[C@H](C)[C@@H](C(=O)N[C@@H](Cc1ccccc1)[C@@H](O)CN(Cc1ccc(-c2ccccn2)cc1)NC(=O)N1CCCC1=O)N1CCN(Cc2cccc(C)n2)C1=O. The fourth-order valence-electron chi connectivity index (χ4n) is 7.34. The fourth-order valence-corrected chi connectivity index (χ4v) is 7.34. The molecule has 2 aromatic heterocycles. The van der Waals surface area contributed by atoms with Crippen molar-refractivity contribution in [2.75, 3.05) is 26.2 Å². The number of aliphatic hydroxyl groups excluding tert-OH is 1. The molecule has 6 rings (SSSR count). The number of aliphatic hydroxyl groups is 1. The first-order chi connectivity index (χ1) is 27.1. The Balaban J connectivity index is 1.22. The molecule has 4 heterocycles. The zero-order valence-electron chi connectivity index (χ0n) is 32.4. The molecule has 2 aliphatic rings. The number of carbonyl (C=O) groups excluding carboxylic acids is 4. The number of likely N-dealkylation sites (tertiary alicyclic amines) is 1. The minimum absolute atomic E-state index is 0.0680. The Kier molecular flexibility index (Phi) is 13.4. The summed E-state index contributed by atoms with van der Waals surface area (Å²) < 4.78 is 0. The van der Waals surface area contributed by atoms with Crippen LogP contribution in [0, 0.1) is 12.8 Å². The molecule has 13 nitrogen and oxygen atoms in total. The molecule has 0 aliphatic carbocycles. The Morgan fingerprint density at radius 1 is 0.911 bits per heavy atom. The van der Waals surface area contributed by atoms with Crippen molar-refractivity contribution in [2.24, 2.45) is 5.92 Å². The summed E-state index contributed by atoms with van der Waals surface area (Å²) in [7, 11) is 0. The zero-order valence-corrected chi connectivity index (χ0v) is 32.4. The summed E-state index contributed by atoms with van der Waals surface area (Å²) in [5.41, 5.74) is 8.02. The van der Waals surface area contributed by atoms with Crippen LogP contribution in [-0.2, 0) is 29.1 Å². The van der Waals surface area contributed by atoms with Crippen LogP contribution in [0.4, 0.5) is 9.59 Å². The molecule has 4 atom stereocenters. The van der Waals surface area contributed by atoms with Gasteiger partial charge in [0, 0.05) is 56.6 Å². The molecule has 6 amide bonds. The van der Waals surface area contributed by atoms with E-state index in [0.717, 1.165) is 33.8 Å². The van der Waals surface area contributed by atoms with Gasteiger partial charge in [0.15, 0.2) is 0 Å². The van der Waals surface area contributed by atoms with Crippen molar-refractivity contribution in [3.63, 3.8) is 0 Å². The molecule has 0 bridgehead atoms. The normalized spacial score (nSPS) is 16.6. The molecule has 3 N–H and O–H groups in total. The summed E-state index contributed by atoms with van der Waals surface area (Å²) >= 11 is 0. The van der Waals surface area contributed by atoms with Gasteiger partial charge in [-0.05, 0) is 61.1 Å². The molecule has 0 radical (unpaired) electrons. The van der Waals surface area contributed by atoms with Crippen LogP contribution in [0.25, 0.3) is 11.3 Å². The van der Waals surface area contributed by atoms with E-state index in [4.69, 9.17) is 0 Å². The van der Waals surface area contributed by atoms with Crippen LogP contribution in [0.2, 0.25) is 0 Å². The number of carbonyl (C=O) groups is 4. The van der Waals surface area contributed by atoms with Crippen molar-refractivity contribution < 1.29 is 24.3 Å². The van der Waals surface area contributed by atoms with Crippen LogP contribution in [0.1, 0.15) is 55.6 Å². The molecule has 0 spiro atoms. The van der Waals surface area contributed by atoms with E-state index in [2.05, 4.69) is 20.7 Å². The van der Waals surface area contributed by atoms with Gasteiger partial charge < -0.3 is 20.2 Å². The third-order valence-electron chi connectivity index (χ3n) is 10.6. The highest BCUT2D eigenvalue weighted by atomic mass is 16.3. The summed E-state index contributed by atoms with van der Waals surface area (Å²) in [4.78, 5) is 67.7. The van der Waals surface area contributed by atoms with Crippen LogP contribution in [0.3, 0.4) is 0 Å². The van der Waals surface area contributed by atoms with Crippen LogP contribution in [0.15, 0.2) is 97.2 Å². The van der Waals surface area contributed by atoms with Crippen LogP contribution < -0.4 is 10.7 Å². The second-order valence-corrected chi connectivity index (χ2v) is 14.7. The van der Waals surface area contributed by atoms with Crippen molar-refractivity contribution in [2.45, 2.75) is 77.7 Å². The van der Waals surface area contributed by atoms with Gasteiger partial charge in [0.25, 0.3) is 0 Å². The Morgan fingerprint density at radius 3 is 2.36 bits per heavy atom. The average molecular weight is 761 g/mol. The summed E-state index contributed by atoms with van der Waals surface area (Å²) in [5, 5.41) is 16.7. The molecular weight excluding hydrogens is 709 g/mol. The van der Waals surface area contributed by atoms with Gasteiger partial charge in [-0.2, -0.15) is 0 Å². The summed E-state index contributed by atoms with van der Waals surface area (Å²) in [5.74, 6) is -0.780. The number of aryl methyl sites for hydroxylation is 1. The van der Waals surface area contributed by atoms with Gasteiger partial charge in [0.1, 0.15) is 6.04 Å². The number of urea groups is 2. The van der Waals surface area contributed by atoms with Crippen molar-refractivity contribution in [1.82, 2.24) is 40.4 Å². The number of amides is 6. The lowest BCUT2D eigenvalue weighted by molar-refractivity contribution is -0.129. The molecule has 56 heavy (non-hydrogen) atoms. The third-order valence-corrected chi connectivity index (χ3v) is 10.6. The number of hydrogen-bond donors (Lipinski definition) is 3. The van der Waals surface area contributed by atoms with Gasteiger partial charge in [-0.25, -0.2) is 14.6 Å². The summed E-state index contributed by atoms with van der Waals surface area (Å²) in [6.07, 6.45) is 2.41. The lowest BCUT2D eigenvalue weighted by Gasteiger charge is -2.35. The predicted octanol–water partition coefficient (Wildman–Crippen LogP) is 4.94. The van der Waals surface area contributed by atoms with Gasteiger partial charge in [-0.15, -0.1) is 0 Å². The number of nitrogens with one attached hydrogen (secondary N) is 2. The molecular formula is C43H52N8O5. The summed E-state index contributed by atoms with van der Waals surface area (Å²) in [6.45, 7) is 7.51. The number of pyridine rings is 2. The lowest BCUT2D eigenvalue weighted by Crippen LogP contribution is -2.58. The van der Waals surface area contributed by atoms with Crippen molar-refractivity contribution in [3.8, 4) is 11.3 Å². The number of imide groups is 1. The van der Waals surface area contributed by atoms with E-state index in [0.29, 0.717) is 51.9 Å². The third kappa shape index (κ3) is 10.1. The molecule has 294 valence electrons. The maximum absolute atomic E-state index is 14.4. The van der Waals surface area contributed by atoms with Crippen LogP contribution in [-0.4, -0.2) is 103 Å².